The topological polar surface area (TPSA) is 58.4 Å². The highest BCUT2D eigenvalue weighted by atomic mass is 16.2. The molecule has 2 rings (SSSR count). The van der Waals surface area contributed by atoms with Crippen molar-refractivity contribution < 1.29 is 9.59 Å². The van der Waals surface area contributed by atoms with Crippen LogP contribution in [-0.2, 0) is 11.3 Å². The Morgan fingerprint density at radius 3 is 2.75 bits per heavy atom. The highest BCUT2D eigenvalue weighted by molar-refractivity contribution is 5.98. The van der Waals surface area contributed by atoms with Crippen LogP contribution in [0.3, 0.4) is 0 Å². The van der Waals surface area contributed by atoms with Gasteiger partial charge in [-0.2, -0.15) is 0 Å². The van der Waals surface area contributed by atoms with Gasteiger partial charge in [0.25, 0.3) is 5.91 Å². The molecule has 20 heavy (non-hydrogen) atoms. The number of likely N-dealkylation sites (N-methyl/N-ethyl adjacent to an activating group) is 1. The summed E-state index contributed by atoms with van der Waals surface area (Å²) in [6.07, 6.45) is 4.78. The number of aromatic nitrogens is 2. The molecule has 1 aliphatic rings. The van der Waals surface area contributed by atoms with Gasteiger partial charge in [0.2, 0.25) is 5.91 Å². The second-order valence-electron chi connectivity index (χ2n) is 5.60. The summed E-state index contributed by atoms with van der Waals surface area (Å²) in [5.41, 5.74) is -0.198. The van der Waals surface area contributed by atoms with Crippen molar-refractivity contribution in [3.8, 4) is 0 Å². The van der Waals surface area contributed by atoms with Crippen LogP contribution in [-0.4, -0.2) is 57.3 Å². The summed E-state index contributed by atoms with van der Waals surface area (Å²) in [6, 6.07) is 0. The lowest BCUT2D eigenvalue weighted by molar-refractivity contribution is -0.138. The predicted molar refractivity (Wildman–Crippen MR) is 75.3 cm³/mol. The van der Waals surface area contributed by atoms with Gasteiger partial charge >= 0.3 is 0 Å². The van der Waals surface area contributed by atoms with E-state index >= 15 is 0 Å². The van der Waals surface area contributed by atoms with Gasteiger partial charge < -0.3 is 14.4 Å². The zero-order chi connectivity index (χ0) is 14.9. The highest BCUT2D eigenvalue weighted by Crippen LogP contribution is 2.31. The molecule has 0 aliphatic carbocycles. The molecule has 0 unspecified atom stereocenters. The number of likely N-dealkylation sites (tertiary alicyclic amines) is 1. The quantitative estimate of drug-likeness (QED) is 0.828. The van der Waals surface area contributed by atoms with Crippen molar-refractivity contribution in [1.29, 1.82) is 0 Å². The molecule has 6 nitrogen and oxygen atoms in total. The summed E-state index contributed by atoms with van der Waals surface area (Å²) in [5, 5.41) is 0. The zero-order valence-electron chi connectivity index (χ0n) is 12.6. The molecule has 1 saturated heterocycles. The van der Waals surface area contributed by atoms with E-state index in [1.54, 1.807) is 41.0 Å². The van der Waals surface area contributed by atoms with Gasteiger partial charge in [-0.15, -0.1) is 0 Å². The van der Waals surface area contributed by atoms with E-state index in [4.69, 9.17) is 0 Å². The number of aryl methyl sites for hydroxylation is 1. The molecule has 1 aliphatic heterocycles. The molecule has 1 aromatic heterocycles. The molecule has 1 atom stereocenters. The van der Waals surface area contributed by atoms with Gasteiger partial charge in [-0.3, -0.25) is 9.59 Å². The fourth-order valence-corrected chi connectivity index (χ4v) is 2.88. The van der Waals surface area contributed by atoms with Crippen molar-refractivity contribution in [2.45, 2.75) is 38.8 Å². The smallest absolute Gasteiger partial charge is 0.273 e. The van der Waals surface area contributed by atoms with E-state index in [-0.39, 0.29) is 11.8 Å². The molecular formula is C14H22N4O2. The minimum atomic E-state index is -0.747. The Labute approximate surface area is 119 Å². The Balaban J connectivity index is 2.32. The van der Waals surface area contributed by atoms with Gasteiger partial charge in [0.05, 0.1) is 12.5 Å². The fraction of sp³-hybridized carbons (Fsp3) is 0.643. The molecule has 0 saturated carbocycles. The van der Waals surface area contributed by atoms with Crippen LogP contribution in [0, 0.1) is 0 Å². The predicted octanol–water partition coefficient (Wildman–Crippen LogP) is 0.986. The monoisotopic (exact) mass is 278 g/mol. The second-order valence-corrected chi connectivity index (χ2v) is 5.60. The second kappa shape index (κ2) is 5.26. The molecule has 0 spiro atoms. The lowest BCUT2D eigenvalue weighted by Crippen LogP contribution is -2.55. The van der Waals surface area contributed by atoms with Gasteiger partial charge in [0, 0.05) is 27.2 Å². The maximum absolute atomic E-state index is 12.7. The van der Waals surface area contributed by atoms with E-state index in [1.165, 1.54) is 0 Å². The number of imidazole rings is 1. The summed E-state index contributed by atoms with van der Waals surface area (Å²) >= 11 is 0. The SMILES string of the molecule is CCn1cncc1C(=O)N1CCC[C@]1(C)C(=O)N(C)C. The first-order chi connectivity index (χ1) is 9.41. The lowest BCUT2D eigenvalue weighted by Gasteiger charge is -2.35. The molecule has 0 N–H and O–H groups in total. The van der Waals surface area contributed by atoms with Crippen molar-refractivity contribution >= 4 is 11.8 Å². The maximum atomic E-state index is 12.7. The van der Waals surface area contributed by atoms with Gasteiger partial charge in [-0.05, 0) is 26.7 Å². The van der Waals surface area contributed by atoms with Crippen molar-refractivity contribution in [2.24, 2.45) is 0 Å². The van der Waals surface area contributed by atoms with Crippen LogP contribution in [0.5, 0.6) is 0 Å². The number of hydrogen-bond donors (Lipinski definition) is 0. The first-order valence-corrected chi connectivity index (χ1v) is 6.95. The molecule has 2 heterocycles. The van der Waals surface area contributed by atoms with Crippen LogP contribution < -0.4 is 0 Å². The normalized spacial score (nSPS) is 22.1. The summed E-state index contributed by atoms with van der Waals surface area (Å²) in [4.78, 5) is 32.4. The third-order valence-electron chi connectivity index (χ3n) is 4.03. The van der Waals surface area contributed by atoms with E-state index in [0.717, 1.165) is 6.42 Å². The molecule has 110 valence electrons. The van der Waals surface area contributed by atoms with E-state index in [2.05, 4.69) is 4.98 Å². The fourth-order valence-electron chi connectivity index (χ4n) is 2.88. The number of hydrogen-bond acceptors (Lipinski definition) is 3. The Morgan fingerprint density at radius 2 is 2.15 bits per heavy atom. The minimum absolute atomic E-state index is 0.0223. The molecule has 1 aromatic rings. The van der Waals surface area contributed by atoms with Crippen LogP contribution >= 0.6 is 0 Å². The Kier molecular flexibility index (Phi) is 3.83. The first kappa shape index (κ1) is 14.6. The average molecular weight is 278 g/mol. The number of carbonyl (C=O) groups excluding carboxylic acids is 2. The van der Waals surface area contributed by atoms with Gasteiger partial charge in [-0.1, -0.05) is 0 Å². The zero-order valence-corrected chi connectivity index (χ0v) is 12.6. The number of nitrogens with zero attached hydrogens (tertiary/aromatic N) is 4. The maximum Gasteiger partial charge on any atom is 0.273 e. The van der Waals surface area contributed by atoms with Crippen LogP contribution in [0.25, 0.3) is 0 Å². The minimum Gasteiger partial charge on any atom is -0.347 e. The molecule has 1 fully saturated rings. The van der Waals surface area contributed by atoms with Crippen LogP contribution in [0.15, 0.2) is 12.5 Å². The first-order valence-electron chi connectivity index (χ1n) is 6.95. The molecule has 0 bridgehead atoms. The van der Waals surface area contributed by atoms with E-state index in [0.29, 0.717) is 25.2 Å². The lowest BCUT2D eigenvalue weighted by atomic mass is 9.97. The van der Waals surface area contributed by atoms with Crippen molar-refractivity contribution in [3.63, 3.8) is 0 Å². The van der Waals surface area contributed by atoms with E-state index < -0.39 is 5.54 Å². The average Bonchev–Trinajstić information content (AvgIpc) is 3.03. The van der Waals surface area contributed by atoms with Crippen molar-refractivity contribution in [1.82, 2.24) is 19.4 Å². The molecule has 2 amide bonds. The van der Waals surface area contributed by atoms with Gasteiger partial charge in [0.15, 0.2) is 0 Å². The van der Waals surface area contributed by atoms with E-state index in [9.17, 15) is 9.59 Å². The summed E-state index contributed by atoms with van der Waals surface area (Å²) < 4.78 is 1.81. The van der Waals surface area contributed by atoms with Gasteiger partial charge in [-0.25, -0.2) is 4.98 Å². The summed E-state index contributed by atoms with van der Waals surface area (Å²) in [6.45, 7) is 5.12. The molecule has 0 aromatic carbocycles. The third-order valence-corrected chi connectivity index (χ3v) is 4.03. The Bertz CT molecular complexity index is 523. The Hall–Kier alpha value is -1.85. The summed E-state index contributed by atoms with van der Waals surface area (Å²) in [7, 11) is 3.45. The largest absolute Gasteiger partial charge is 0.347 e. The Morgan fingerprint density at radius 1 is 1.45 bits per heavy atom. The summed E-state index contributed by atoms with van der Waals surface area (Å²) in [5.74, 6) is -0.134. The van der Waals surface area contributed by atoms with Crippen LogP contribution in [0.2, 0.25) is 0 Å². The third kappa shape index (κ3) is 2.19. The number of rotatable bonds is 3. The standard InChI is InChI=1S/C14H22N4O2/c1-5-17-10-15-9-11(17)12(19)18-8-6-7-14(18,2)13(20)16(3)4/h9-10H,5-8H2,1-4H3/t14-/m1/s1. The van der Waals surface area contributed by atoms with Crippen LogP contribution in [0.1, 0.15) is 37.2 Å². The van der Waals surface area contributed by atoms with E-state index in [1.807, 2.05) is 13.8 Å². The molecule has 6 heteroatoms. The highest BCUT2D eigenvalue weighted by Gasteiger charge is 2.47. The van der Waals surface area contributed by atoms with Crippen molar-refractivity contribution in [2.75, 3.05) is 20.6 Å². The van der Waals surface area contributed by atoms with Gasteiger partial charge in [0.1, 0.15) is 11.2 Å². The molecular weight excluding hydrogens is 256 g/mol. The number of amides is 2. The molecule has 0 radical (unpaired) electrons. The number of carbonyl (C=O) groups is 2. The van der Waals surface area contributed by atoms with Crippen LogP contribution in [0.4, 0.5) is 0 Å². The van der Waals surface area contributed by atoms with Crippen molar-refractivity contribution in [3.05, 3.63) is 18.2 Å².